The molecule has 2 heterocycles. The lowest BCUT2D eigenvalue weighted by Gasteiger charge is -2.22. The van der Waals surface area contributed by atoms with E-state index in [1.165, 1.54) is 12.1 Å². The van der Waals surface area contributed by atoms with Crippen LogP contribution in [0.15, 0.2) is 23.2 Å². The first-order chi connectivity index (χ1) is 8.78. The maximum absolute atomic E-state index is 12.0. The summed E-state index contributed by atoms with van der Waals surface area (Å²) < 4.78 is 49.4. The molecule has 1 unspecified atom stereocenters. The van der Waals surface area contributed by atoms with Gasteiger partial charge in [-0.3, -0.25) is 0 Å². The molecule has 0 radical (unpaired) electrons. The summed E-state index contributed by atoms with van der Waals surface area (Å²) in [5, 5.41) is 0. The summed E-state index contributed by atoms with van der Waals surface area (Å²) in [5.41, 5.74) is 5.38. The van der Waals surface area contributed by atoms with Crippen molar-refractivity contribution >= 4 is 25.7 Å². The minimum Gasteiger partial charge on any atom is -0.384 e. The molecule has 106 valence electrons. The van der Waals surface area contributed by atoms with E-state index >= 15 is 0 Å². The predicted molar refractivity (Wildman–Crippen MR) is 70.6 cm³/mol. The normalized spacial score (nSPS) is 23.1. The number of hydrogen-bond acceptors (Lipinski definition) is 6. The minimum atomic E-state index is -3.76. The molecule has 0 aliphatic carbocycles. The van der Waals surface area contributed by atoms with Crippen LogP contribution in [0.2, 0.25) is 0 Å². The lowest BCUT2D eigenvalue weighted by atomic mass is 10.2. The fraction of sp³-hybridized carbons (Fsp3) is 0.500. The molecule has 9 heteroatoms. The molecule has 1 saturated heterocycles. The van der Waals surface area contributed by atoms with Crippen LogP contribution in [0.5, 0.6) is 0 Å². The third kappa shape index (κ3) is 3.64. The van der Waals surface area contributed by atoms with Crippen molar-refractivity contribution in [2.45, 2.75) is 23.8 Å². The fourth-order valence-corrected chi connectivity index (χ4v) is 4.91. The molecule has 0 amide bonds. The highest BCUT2D eigenvalue weighted by Gasteiger charge is 2.28. The van der Waals surface area contributed by atoms with E-state index < -0.39 is 25.9 Å². The molecule has 0 saturated carbocycles. The molecule has 1 fully saturated rings. The molecule has 3 N–H and O–H groups in total. The molecular formula is C10H15N3O4S2. The van der Waals surface area contributed by atoms with Gasteiger partial charge in [0.2, 0.25) is 10.0 Å². The Balaban J connectivity index is 2.15. The van der Waals surface area contributed by atoms with Crippen molar-refractivity contribution in [1.29, 1.82) is 0 Å². The van der Waals surface area contributed by atoms with Crippen LogP contribution in [-0.4, -0.2) is 39.4 Å². The van der Waals surface area contributed by atoms with E-state index in [0.29, 0.717) is 12.8 Å². The maximum Gasteiger partial charge on any atom is 0.242 e. The van der Waals surface area contributed by atoms with Gasteiger partial charge in [0, 0.05) is 12.2 Å². The van der Waals surface area contributed by atoms with Gasteiger partial charge in [0.25, 0.3) is 0 Å². The van der Waals surface area contributed by atoms with Crippen molar-refractivity contribution in [3.8, 4) is 0 Å². The van der Waals surface area contributed by atoms with E-state index in [4.69, 9.17) is 5.73 Å². The Kier molecular flexibility index (Phi) is 3.79. The molecule has 0 bridgehead atoms. The third-order valence-electron chi connectivity index (χ3n) is 2.85. The average Bonchev–Trinajstić information content (AvgIpc) is 2.27. The molecule has 0 spiro atoms. The van der Waals surface area contributed by atoms with Crippen LogP contribution in [0, 0.1) is 0 Å². The van der Waals surface area contributed by atoms with Gasteiger partial charge in [-0.05, 0) is 25.0 Å². The topological polar surface area (TPSA) is 119 Å². The van der Waals surface area contributed by atoms with Gasteiger partial charge in [0.15, 0.2) is 9.84 Å². The molecule has 1 atom stereocenters. The summed E-state index contributed by atoms with van der Waals surface area (Å²) >= 11 is 0. The number of nitrogen functional groups attached to an aromatic ring is 1. The van der Waals surface area contributed by atoms with Gasteiger partial charge in [0.05, 0.1) is 11.5 Å². The number of rotatable bonds is 3. The van der Waals surface area contributed by atoms with Crippen LogP contribution in [0.1, 0.15) is 12.8 Å². The number of aromatic nitrogens is 1. The van der Waals surface area contributed by atoms with Crippen LogP contribution >= 0.6 is 0 Å². The zero-order valence-electron chi connectivity index (χ0n) is 10.1. The first-order valence-corrected chi connectivity index (χ1v) is 9.03. The largest absolute Gasteiger partial charge is 0.384 e. The van der Waals surface area contributed by atoms with E-state index in [9.17, 15) is 16.8 Å². The first kappa shape index (κ1) is 14.2. The van der Waals surface area contributed by atoms with Gasteiger partial charge in [-0.2, -0.15) is 0 Å². The van der Waals surface area contributed by atoms with Crippen molar-refractivity contribution in [3.63, 3.8) is 0 Å². The number of sulfone groups is 1. The minimum absolute atomic E-state index is 0.0235. The van der Waals surface area contributed by atoms with Gasteiger partial charge in [-0.15, -0.1) is 0 Å². The highest BCUT2D eigenvalue weighted by atomic mass is 32.2. The fourth-order valence-electron chi connectivity index (χ4n) is 1.95. The Bertz CT molecular complexity index is 653. The van der Waals surface area contributed by atoms with E-state index in [-0.39, 0.29) is 22.2 Å². The van der Waals surface area contributed by atoms with Gasteiger partial charge in [0.1, 0.15) is 10.7 Å². The lowest BCUT2D eigenvalue weighted by molar-refractivity contribution is 0.517. The summed E-state index contributed by atoms with van der Waals surface area (Å²) in [6, 6.07) is 2.13. The van der Waals surface area contributed by atoms with Crippen LogP contribution < -0.4 is 10.5 Å². The van der Waals surface area contributed by atoms with Crippen LogP contribution in [0.25, 0.3) is 0 Å². The van der Waals surface area contributed by atoms with Gasteiger partial charge in [-0.1, -0.05) is 0 Å². The Morgan fingerprint density at radius 3 is 2.68 bits per heavy atom. The number of pyridine rings is 1. The van der Waals surface area contributed by atoms with Crippen molar-refractivity contribution in [3.05, 3.63) is 18.3 Å². The Labute approximate surface area is 112 Å². The second kappa shape index (κ2) is 5.06. The average molecular weight is 305 g/mol. The maximum atomic E-state index is 12.0. The Hall–Kier alpha value is -1.19. The monoisotopic (exact) mass is 305 g/mol. The SMILES string of the molecule is Nc1ccc(S(=O)(=O)NC2CCCS(=O)(=O)C2)cn1. The molecule has 1 aliphatic rings. The summed E-state index contributed by atoms with van der Waals surface area (Å²) in [6.07, 6.45) is 2.13. The van der Waals surface area contributed by atoms with E-state index in [1.807, 2.05) is 0 Å². The molecule has 2 rings (SSSR count). The molecule has 19 heavy (non-hydrogen) atoms. The van der Waals surface area contributed by atoms with Crippen molar-refractivity contribution in [2.75, 3.05) is 17.2 Å². The second-order valence-electron chi connectivity index (χ2n) is 4.49. The highest BCUT2D eigenvalue weighted by Crippen LogP contribution is 2.15. The number of nitrogens with zero attached hydrogens (tertiary/aromatic N) is 1. The molecule has 1 aromatic rings. The summed E-state index contributed by atoms with van der Waals surface area (Å²) in [4.78, 5) is 3.68. The molecule has 1 aromatic heterocycles. The van der Waals surface area contributed by atoms with Crippen LogP contribution in [0.4, 0.5) is 5.82 Å². The van der Waals surface area contributed by atoms with Crippen LogP contribution in [-0.2, 0) is 19.9 Å². The zero-order chi connectivity index (χ0) is 14.1. The van der Waals surface area contributed by atoms with E-state index in [1.54, 1.807) is 0 Å². The summed E-state index contributed by atoms with van der Waals surface area (Å²) in [6.45, 7) is 0. The van der Waals surface area contributed by atoms with Gasteiger partial charge >= 0.3 is 0 Å². The lowest BCUT2D eigenvalue weighted by Crippen LogP contribution is -2.43. The summed E-state index contributed by atoms with van der Waals surface area (Å²) in [5.74, 6) is 0.183. The number of nitrogens with one attached hydrogen (secondary N) is 1. The molecule has 7 nitrogen and oxygen atoms in total. The van der Waals surface area contributed by atoms with Crippen LogP contribution in [0.3, 0.4) is 0 Å². The molecule has 1 aliphatic heterocycles. The quantitative estimate of drug-likeness (QED) is 0.778. The number of anilines is 1. The molecular weight excluding hydrogens is 290 g/mol. The highest BCUT2D eigenvalue weighted by molar-refractivity contribution is 7.91. The predicted octanol–water partition coefficient (Wildman–Crippen LogP) is -0.481. The Morgan fingerprint density at radius 1 is 1.37 bits per heavy atom. The molecule has 0 aromatic carbocycles. The van der Waals surface area contributed by atoms with Crippen molar-refractivity contribution < 1.29 is 16.8 Å². The second-order valence-corrected chi connectivity index (χ2v) is 8.44. The third-order valence-corrected chi connectivity index (χ3v) is 6.18. The number of sulfonamides is 1. The number of nitrogens with two attached hydrogens (primary N) is 1. The smallest absolute Gasteiger partial charge is 0.242 e. The number of hydrogen-bond donors (Lipinski definition) is 2. The van der Waals surface area contributed by atoms with Crippen molar-refractivity contribution in [1.82, 2.24) is 9.71 Å². The van der Waals surface area contributed by atoms with E-state index in [2.05, 4.69) is 9.71 Å². The standard InChI is InChI=1S/C10H15N3O4S2/c11-10-4-3-9(6-12-10)19(16,17)13-8-2-1-5-18(14,15)7-8/h3-4,6,8,13H,1-2,5,7H2,(H2,11,12). The zero-order valence-corrected chi connectivity index (χ0v) is 11.7. The van der Waals surface area contributed by atoms with Gasteiger partial charge in [-0.25, -0.2) is 26.5 Å². The van der Waals surface area contributed by atoms with Crippen molar-refractivity contribution in [2.24, 2.45) is 0 Å². The Morgan fingerprint density at radius 2 is 2.11 bits per heavy atom. The van der Waals surface area contributed by atoms with Gasteiger partial charge < -0.3 is 5.73 Å². The first-order valence-electron chi connectivity index (χ1n) is 5.73. The summed E-state index contributed by atoms with van der Waals surface area (Å²) in [7, 11) is -6.92. The van der Waals surface area contributed by atoms with E-state index in [0.717, 1.165) is 6.20 Å².